The Morgan fingerprint density at radius 2 is 1.46 bits per heavy atom. The summed E-state index contributed by atoms with van der Waals surface area (Å²) in [7, 11) is 0. The highest BCUT2D eigenvalue weighted by Gasteiger charge is 2.12. The maximum Gasteiger partial charge on any atom is 0.228 e. The van der Waals surface area contributed by atoms with Gasteiger partial charge in [-0.25, -0.2) is 4.39 Å². The number of halogens is 3. The fourth-order valence-electron chi connectivity index (χ4n) is 2.48. The quantitative estimate of drug-likeness (QED) is 0.557. The van der Waals surface area contributed by atoms with Gasteiger partial charge in [0.1, 0.15) is 5.82 Å². The summed E-state index contributed by atoms with van der Waals surface area (Å²) in [6, 6.07) is 18.5. The lowest BCUT2D eigenvalue weighted by atomic mass is 10.1. The van der Waals surface area contributed by atoms with Gasteiger partial charge in [-0.15, -0.1) is 0 Å². The molecular formula is C20H15Cl2FN2O. The Kier molecular flexibility index (Phi) is 5.76. The summed E-state index contributed by atoms with van der Waals surface area (Å²) in [6.07, 6.45) is 0.0690. The number of carbonyl (C=O) groups excluding carboxylic acids is 1. The van der Waals surface area contributed by atoms with Crippen molar-refractivity contribution in [2.24, 2.45) is 0 Å². The van der Waals surface area contributed by atoms with Crippen molar-refractivity contribution in [3.8, 4) is 0 Å². The molecule has 0 heterocycles. The predicted molar refractivity (Wildman–Crippen MR) is 105 cm³/mol. The van der Waals surface area contributed by atoms with E-state index in [9.17, 15) is 9.18 Å². The number of anilines is 3. The molecule has 0 unspecified atom stereocenters. The van der Waals surface area contributed by atoms with Crippen LogP contribution in [0.1, 0.15) is 5.56 Å². The number of benzene rings is 3. The molecule has 3 rings (SSSR count). The Morgan fingerprint density at radius 3 is 2.15 bits per heavy atom. The van der Waals surface area contributed by atoms with Gasteiger partial charge in [-0.05, 0) is 35.9 Å². The molecule has 0 aliphatic carbocycles. The van der Waals surface area contributed by atoms with Crippen molar-refractivity contribution in [2.45, 2.75) is 6.42 Å². The van der Waals surface area contributed by atoms with Gasteiger partial charge in [0.2, 0.25) is 5.91 Å². The number of carbonyl (C=O) groups is 1. The average molecular weight is 389 g/mol. The fourth-order valence-corrected chi connectivity index (χ4v) is 2.97. The summed E-state index contributed by atoms with van der Waals surface area (Å²) in [4.78, 5) is 12.3. The van der Waals surface area contributed by atoms with Crippen molar-refractivity contribution in [3.63, 3.8) is 0 Å². The molecule has 1 amide bonds. The largest absolute Gasteiger partial charge is 0.353 e. The summed E-state index contributed by atoms with van der Waals surface area (Å²) in [5, 5.41) is 6.70. The highest BCUT2D eigenvalue weighted by molar-refractivity contribution is 6.39. The Bertz CT molecular complexity index is 926. The van der Waals surface area contributed by atoms with Crippen molar-refractivity contribution in [3.05, 3.63) is 88.2 Å². The number of para-hydroxylation sites is 3. The Labute approximate surface area is 160 Å². The van der Waals surface area contributed by atoms with Crippen molar-refractivity contribution in [2.75, 3.05) is 10.6 Å². The second-order valence-electron chi connectivity index (χ2n) is 5.58. The second-order valence-corrected chi connectivity index (χ2v) is 6.40. The number of rotatable bonds is 5. The van der Waals surface area contributed by atoms with Gasteiger partial charge >= 0.3 is 0 Å². The van der Waals surface area contributed by atoms with E-state index in [1.807, 2.05) is 24.3 Å². The van der Waals surface area contributed by atoms with Gasteiger partial charge in [0.15, 0.2) is 0 Å². The number of amides is 1. The van der Waals surface area contributed by atoms with Crippen LogP contribution < -0.4 is 10.6 Å². The van der Waals surface area contributed by atoms with Crippen LogP contribution in [0.5, 0.6) is 0 Å². The summed E-state index contributed by atoms with van der Waals surface area (Å²) < 4.78 is 13.7. The third-order valence-electron chi connectivity index (χ3n) is 3.74. The van der Waals surface area contributed by atoms with Crippen LogP contribution in [0, 0.1) is 5.82 Å². The molecule has 0 bridgehead atoms. The van der Waals surface area contributed by atoms with Gasteiger partial charge in [-0.3, -0.25) is 4.79 Å². The first-order valence-electron chi connectivity index (χ1n) is 7.88. The minimum atomic E-state index is -0.477. The summed E-state index contributed by atoms with van der Waals surface area (Å²) in [6.45, 7) is 0. The van der Waals surface area contributed by atoms with E-state index in [0.29, 0.717) is 21.4 Å². The minimum absolute atomic E-state index is 0.0690. The molecule has 0 aromatic heterocycles. The number of hydrogen-bond acceptors (Lipinski definition) is 2. The van der Waals surface area contributed by atoms with E-state index in [1.54, 1.807) is 30.3 Å². The van der Waals surface area contributed by atoms with Crippen molar-refractivity contribution >= 4 is 46.2 Å². The first-order chi connectivity index (χ1) is 12.5. The maximum atomic E-state index is 13.7. The fraction of sp³-hybridized carbons (Fsp3) is 0.0500. The molecule has 3 aromatic carbocycles. The van der Waals surface area contributed by atoms with E-state index < -0.39 is 5.82 Å². The second kappa shape index (κ2) is 8.21. The van der Waals surface area contributed by atoms with Crippen LogP contribution in [0.3, 0.4) is 0 Å². The van der Waals surface area contributed by atoms with Crippen LogP contribution in [-0.2, 0) is 11.2 Å². The zero-order valence-corrected chi connectivity index (χ0v) is 15.1. The summed E-state index contributed by atoms with van der Waals surface area (Å²) >= 11 is 12.4. The molecule has 0 saturated heterocycles. The van der Waals surface area contributed by atoms with Crippen LogP contribution in [0.15, 0.2) is 66.7 Å². The molecule has 6 heteroatoms. The highest BCUT2D eigenvalue weighted by Crippen LogP contribution is 2.33. The summed E-state index contributed by atoms with van der Waals surface area (Å²) in [5.41, 5.74) is 2.15. The molecule has 0 radical (unpaired) electrons. The smallest absolute Gasteiger partial charge is 0.228 e. The number of hydrogen-bond donors (Lipinski definition) is 2. The van der Waals surface area contributed by atoms with Gasteiger partial charge in [0, 0.05) is 5.69 Å². The van der Waals surface area contributed by atoms with E-state index >= 15 is 0 Å². The average Bonchev–Trinajstić information content (AvgIpc) is 2.61. The third-order valence-corrected chi connectivity index (χ3v) is 4.37. The maximum absolute atomic E-state index is 13.7. The molecule has 0 atom stereocenters. The third kappa shape index (κ3) is 4.34. The molecule has 3 aromatic rings. The van der Waals surface area contributed by atoms with Crippen LogP contribution in [0.4, 0.5) is 21.5 Å². The van der Waals surface area contributed by atoms with Crippen molar-refractivity contribution in [1.82, 2.24) is 0 Å². The Hall–Kier alpha value is -2.56. The zero-order valence-electron chi connectivity index (χ0n) is 13.6. The van der Waals surface area contributed by atoms with E-state index in [2.05, 4.69) is 10.6 Å². The van der Waals surface area contributed by atoms with Gasteiger partial charge in [-0.2, -0.15) is 0 Å². The van der Waals surface area contributed by atoms with Crippen LogP contribution in [-0.4, -0.2) is 5.91 Å². The lowest BCUT2D eigenvalue weighted by Gasteiger charge is -2.14. The molecule has 0 saturated carbocycles. The first kappa shape index (κ1) is 18.2. The van der Waals surface area contributed by atoms with E-state index in [4.69, 9.17) is 23.2 Å². The van der Waals surface area contributed by atoms with Crippen molar-refractivity contribution < 1.29 is 9.18 Å². The highest BCUT2D eigenvalue weighted by atomic mass is 35.5. The van der Waals surface area contributed by atoms with Gasteiger partial charge < -0.3 is 10.6 Å². The topological polar surface area (TPSA) is 41.1 Å². The van der Waals surface area contributed by atoms with Gasteiger partial charge in [0.25, 0.3) is 0 Å². The molecule has 26 heavy (non-hydrogen) atoms. The molecule has 0 aliphatic rings. The molecule has 0 spiro atoms. The standard InChI is InChI=1S/C20H15Cl2FN2O/c21-14-7-5-8-15(22)20(14)25-17-10-3-1-6-13(17)12-19(26)24-18-11-4-2-9-16(18)23/h1-11,25H,12H2,(H,24,26). The van der Waals surface area contributed by atoms with Crippen molar-refractivity contribution in [1.29, 1.82) is 0 Å². The minimum Gasteiger partial charge on any atom is -0.353 e. The molecule has 0 fully saturated rings. The molecule has 132 valence electrons. The van der Waals surface area contributed by atoms with Crippen LogP contribution >= 0.6 is 23.2 Å². The number of nitrogens with one attached hydrogen (secondary N) is 2. The zero-order chi connectivity index (χ0) is 18.5. The van der Waals surface area contributed by atoms with E-state index in [-0.39, 0.29) is 18.0 Å². The van der Waals surface area contributed by atoms with Crippen LogP contribution in [0.2, 0.25) is 10.0 Å². The van der Waals surface area contributed by atoms with Gasteiger partial charge in [0.05, 0.1) is 27.8 Å². The first-order valence-corrected chi connectivity index (χ1v) is 8.63. The molecule has 0 aliphatic heterocycles. The predicted octanol–water partition coefficient (Wildman–Crippen LogP) is 6.06. The van der Waals surface area contributed by atoms with E-state index in [0.717, 1.165) is 5.56 Å². The monoisotopic (exact) mass is 388 g/mol. The van der Waals surface area contributed by atoms with E-state index in [1.165, 1.54) is 12.1 Å². The Morgan fingerprint density at radius 1 is 0.846 bits per heavy atom. The molecule has 3 nitrogen and oxygen atoms in total. The SMILES string of the molecule is O=C(Cc1ccccc1Nc1c(Cl)cccc1Cl)Nc1ccccc1F. The Balaban J connectivity index is 1.79. The van der Waals surface area contributed by atoms with Gasteiger partial charge in [-0.1, -0.05) is 59.6 Å². The lowest BCUT2D eigenvalue weighted by Crippen LogP contribution is -2.16. The van der Waals surface area contributed by atoms with Crippen LogP contribution in [0.25, 0.3) is 0 Å². The normalized spacial score (nSPS) is 10.4. The summed E-state index contributed by atoms with van der Waals surface area (Å²) in [5.74, 6) is -0.801. The molecule has 2 N–H and O–H groups in total. The molecular weight excluding hydrogens is 374 g/mol. The lowest BCUT2D eigenvalue weighted by molar-refractivity contribution is -0.115.